The van der Waals surface area contributed by atoms with Crippen molar-refractivity contribution < 1.29 is 23.4 Å². The normalized spacial score (nSPS) is 11.1. The molecular weight excluding hydrogens is 211 g/mol. The molecule has 0 saturated heterocycles. The second-order valence-corrected chi connectivity index (χ2v) is 2.83. The number of hydrogen-bond acceptors (Lipinski definition) is 3. The smallest absolute Gasteiger partial charge is 0.420 e. The average Bonchev–Trinajstić information content (AvgIpc) is 2.09. The Morgan fingerprint density at radius 1 is 1.27 bits per heavy atom. The van der Waals surface area contributed by atoms with Gasteiger partial charge in [0.2, 0.25) is 0 Å². The van der Waals surface area contributed by atoms with Gasteiger partial charge in [-0.15, -0.1) is 0 Å². The molecule has 0 amide bonds. The Hall–Kier alpha value is -1.90. The van der Waals surface area contributed by atoms with Crippen LogP contribution in [0, 0.1) is 11.3 Å². The molecule has 1 rings (SSSR count). The Morgan fingerprint density at radius 3 is 2.33 bits per heavy atom. The summed E-state index contributed by atoms with van der Waals surface area (Å²) in [6.45, 7) is 0. The van der Waals surface area contributed by atoms with Crippen molar-refractivity contribution in [3.05, 3.63) is 23.3 Å². The monoisotopic (exact) mass is 217 g/mol. The highest BCUT2D eigenvalue weighted by atomic mass is 19.4. The van der Waals surface area contributed by atoms with E-state index in [9.17, 15) is 18.3 Å². The minimum Gasteiger partial charge on any atom is -0.508 e. The third kappa shape index (κ3) is 2.31. The van der Waals surface area contributed by atoms with Crippen LogP contribution in [-0.2, 0) is 12.6 Å². The number of halogens is 3. The molecule has 0 aliphatic heterocycles. The topological polar surface area (TPSA) is 64.2 Å². The summed E-state index contributed by atoms with van der Waals surface area (Å²) in [4.78, 5) is 0. The molecule has 0 radical (unpaired) electrons. The molecule has 0 bridgehead atoms. The Morgan fingerprint density at radius 2 is 1.87 bits per heavy atom. The first-order valence-electron chi connectivity index (χ1n) is 3.85. The Labute approximate surface area is 83.0 Å². The maximum absolute atomic E-state index is 12.3. The fourth-order valence-electron chi connectivity index (χ4n) is 1.11. The van der Waals surface area contributed by atoms with Crippen LogP contribution < -0.4 is 0 Å². The lowest BCUT2D eigenvalue weighted by atomic mass is 10.1. The molecule has 0 atom stereocenters. The quantitative estimate of drug-likeness (QED) is 0.708. The Balaban J connectivity index is 3.36. The molecule has 0 fully saturated rings. The van der Waals surface area contributed by atoms with Crippen LogP contribution in [0.25, 0.3) is 0 Å². The van der Waals surface area contributed by atoms with Gasteiger partial charge in [0.05, 0.1) is 12.5 Å². The number of rotatable bonds is 1. The van der Waals surface area contributed by atoms with E-state index in [4.69, 9.17) is 10.4 Å². The summed E-state index contributed by atoms with van der Waals surface area (Å²) in [5.41, 5.74) is -1.59. The summed E-state index contributed by atoms with van der Waals surface area (Å²) in [6.07, 6.45) is -5.16. The van der Waals surface area contributed by atoms with Gasteiger partial charge < -0.3 is 10.2 Å². The first-order valence-corrected chi connectivity index (χ1v) is 3.85. The second-order valence-electron chi connectivity index (χ2n) is 2.83. The average molecular weight is 217 g/mol. The van der Waals surface area contributed by atoms with E-state index in [2.05, 4.69) is 0 Å². The number of nitrogens with zero attached hydrogens (tertiary/aromatic N) is 1. The summed E-state index contributed by atoms with van der Waals surface area (Å²) < 4.78 is 36.9. The summed E-state index contributed by atoms with van der Waals surface area (Å²) in [6, 6.07) is 2.93. The summed E-state index contributed by atoms with van der Waals surface area (Å²) in [5, 5.41) is 26.5. The predicted molar refractivity (Wildman–Crippen MR) is 44.1 cm³/mol. The van der Waals surface area contributed by atoms with E-state index < -0.39 is 29.7 Å². The third-order valence-corrected chi connectivity index (χ3v) is 1.75. The molecule has 1 aromatic carbocycles. The summed E-state index contributed by atoms with van der Waals surface area (Å²) >= 11 is 0. The SMILES string of the molecule is N#CCc1cc(O)cc(C(F)(F)F)c1O. The highest BCUT2D eigenvalue weighted by Crippen LogP contribution is 2.39. The second kappa shape index (κ2) is 3.69. The fraction of sp³-hybridized carbons (Fsp3) is 0.222. The van der Waals surface area contributed by atoms with Gasteiger partial charge in [-0.25, -0.2) is 0 Å². The van der Waals surface area contributed by atoms with Gasteiger partial charge in [0, 0.05) is 5.56 Å². The molecule has 80 valence electrons. The molecule has 0 spiro atoms. The van der Waals surface area contributed by atoms with Crippen LogP contribution in [0.15, 0.2) is 12.1 Å². The number of hydrogen-bond donors (Lipinski definition) is 2. The lowest BCUT2D eigenvalue weighted by Gasteiger charge is -2.11. The number of benzene rings is 1. The maximum Gasteiger partial charge on any atom is 0.420 e. The zero-order chi connectivity index (χ0) is 11.6. The lowest BCUT2D eigenvalue weighted by molar-refractivity contribution is -0.138. The molecule has 0 aromatic heterocycles. The molecule has 0 aliphatic rings. The number of alkyl halides is 3. The molecular formula is C9H6F3NO2. The van der Waals surface area contributed by atoms with Gasteiger partial charge in [-0.05, 0) is 12.1 Å². The zero-order valence-electron chi connectivity index (χ0n) is 7.34. The predicted octanol–water partition coefficient (Wildman–Crippen LogP) is 2.18. The molecule has 0 aliphatic carbocycles. The molecule has 0 saturated carbocycles. The Bertz CT molecular complexity index is 421. The molecule has 15 heavy (non-hydrogen) atoms. The molecule has 0 unspecified atom stereocenters. The van der Waals surface area contributed by atoms with Crippen molar-refractivity contribution in [3.63, 3.8) is 0 Å². The van der Waals surface area contributed by atoms with E-state index in [1.165, 1.54) is 0 Å². The highest BCUT2D eigenvalue weighted by molar-refractivity contribution is 5.48. The first kappa shape index (κ1) is 11.2. The van der Waals surface area contributed by atoms with E-state index in [0.29, 0.717) is 6.07 Å². The molecule has 1 aromatic rings. The summed E-state index contributed by atoms with van der Waals surface area (Å²) in [5.74, 6) is -1.65. The highest BCUT2D eigenvalue weighted by Gasteiger charge is 2.35. The minimum absolute atomic E-state index is 0.246. The van der Waals surface area contributed by atoms with Crippen LogP contribution in [0.2, 0.25) is 0 Å². The zero-order valence-corrected chi connectivity index (χ0v) is 7.34. The number of phenols is 2. The van der Waals surface area contributed by atoms with Crippen molar-refractivity contribution in [2.45, 2.75) is 12.6 Å². The van der Waals surface area contributed by atoms with Gasteiger partial charge in [-0.1, -0.05) is 0 Å². The van der Waals surface area contributed by atoms with Gasteiger partial charge >= 0.3 is 6.18 Å². The molecule has 3 nitrogen and oxygen atoms in total. The van der Waals surface area contributed by atoms with Gasteiger partial charge in [0.25, 0.3) is 0 Å². The van der Waals surface area contributed by atoms with Crippen LogP contribution in [0.1, 0.15) is 11.1 Å². The van der Waals surface area contributed by atoms with E-state index in [0.717, 1.165) is 6.07 Å². The van der Waals surface area contributed by atoms with E-state index in [1.54, 1.807) is 6.07 Å². The van der Waals surface area contributed by atoms with Crippen molar-refractivity contribution in [1.82, 2.24) is 0 Å². The van der Waals surface area contributed by atoms with Gasteiger partial charge in [-0.2, -0.15) is 18.4 Å². The fourth-order valence-corrected chi connectivity index (χ4v) is 1.11. The van der Waals surface area contributed by atoms with Crippen LogP contribution in [0.4, 0.5) is 13.2 Å². The number of phenolic OH excluding ortho intramolecular Hbond substituents is 2. The largest absolute Gasteiger partial charge is 0.508 e. The standard InChI is InChI=1S/C9H6F3NO2/c10-9(11,12)7-4-6(14)3-5(1-2-13)8(7)15/h3-4,14-15H,1H2. The third-order valence-electron chi connectivity index (χ3n) is 1.75. The van der Waals surface area contributed by atoms with E-state index in [1.807, 2.05) is 0 Å². The van der Waals surface area contributed by atoms with Crippen LogP contribution in [0.3, 0.4) is 0 Å². The van der Waals surface area contributed by atoms with Crippen molar-refractivity contribution in [2.24, 2.45) is 0 Å². The molecule has 0 heterocycles. The van der Waals surface area contributed by atoms with Gasteiger partial charge in [-0.3, -0.25) is 0 Å². The van der Waals surface area contributed by atoms with Crippen molar-refractivity contribution in [2.75, 3.05) is 0 Å². The van der Waals surface area contributed by atoms with Crippen LogP contribution >= 0.6 is 0 Å². The van der Waals surface area contributed by atoms with Crippen molar-refractivity contribution in [3.8, 4) is 17.6 Å². The Kier molecular flexibility index (Phi) is 2.75. The van der Waals surface area contributed by atoms with Crippen molar-refractivity contribution >= 4 is 0 Å². The first-order chi connectivity index (χ1) is 6.86. The van der Waals surface area contributed by atoms with Crippen LogP contribution in [0.5, 0.6) is 11.5 Å². The van der Waals surface area contributed by atoms with Gasteiger partial charge in [0.15, 0.2) is 0 Å². The molecule has 2 N–H and O–H groups in total. The van der Waals surface area contributed by atoms with E-state index >= 15 is 0 Å². The maximum atomic E-state index is 12.3. The van der Waals surface area contributed by atoms with Crippen LogP contribution in [-0.4, -0.2) is 10.2 Å². The lowest BCUT2D eigenvalue weighted by Crippen LogP contribution is -2.06. The minimum atomic E-state index is -4.76. The molecule has 6 heteroatoms. The van der Waals surface area contributed by atoms with Gasteiger partial charge in [0.1, 0.15) is 17.1 Å². The number of aromatic hydroxyl groups is 2. The van der Waals surface area contributed by atoms with E-state index in [-0.39, 0.29) is 5.56 Å². The number of nitriles is 1. The summed E-state index contributed by atoms with van der Waals surface area (Å²) in [7, 11) is 0. The van der Waals surface area contributed by atoms with Crippen molar-refractivity contribution in [1.29, 1.82) is 5.26 Å².